The lowest BCUT2D eigenvalue weighted by Crippen LogP contribution is -2.25. The standard InChI is InChI=1S/C8H20ClN2O2P/c1-2-5-10-14(13)11(7-4-9)6-3-8-12/h12,14H,2-8H2,1H3,(H,10,13). The molecule has 0 aliphatic carbocycles. The third-order valence-corrected chi connectivity index (χ3v) is 3.50. The molecule has 1 atom stereocenters. The molecule has 0 aromatic carbocycles. The minimum absolute atomic E-state index is 0.127. The lowest BCUT2D eigenvalue weighted by Gasteiger charge is -2.20. The maximum atomic E-state index is 11.7. The van der Waals surface area contributed by atoms with Gasteiger partial charge in [0.2, 0.25) is 8.10 Å². The van der Waals surface area contributed by atoms with Crippen molar-refractivity contribution in [3.05, 3.63) is 0 Å². The average molecular weight is 243 g/mol. The van der Waals surface area contributed by atoms with E-state index in [9.17, 15) is 4.57 Å². The second-order valence-corrected chi connectivity index (χ2v) is 4.96. The molecule has 0 aliphatic heterocycles. The normalized spacial score (nSPS) is 13.4. The van der Waals surface area contributed by atoms with Crippen LogP contribution in [0.1, 0.15) is 19.8 Å². The van der Waals surface area contributed by atoms with Crippen LogP contribution in [0.4, 0.5) is 0 Å². The molecule has 0 aromatic rings. The zero-order valence-electron chi connectivity index (χ0n) is 8.63. The van der Waals surface area contributed by atoms with Gasteiger partial charge in [0.25, 0.3) is 0 Å². The van der Waals surface area contributed by atoms with Crippen molar-refractivity contribution in [3.8, 4) is 0 Å². The van der Waals surface area contributed by atoms with Crippen LogP contribution >= 0.6 is 19.7 Å². The maximum Gasteiger partial charge on any atom is 0.202 e. The van der Waals surface area contributed by atoms with Crippen molar-refractivity contribution in [2.45, 2.75) is 19.8 Å². The second-order valence-electron chi connectivity index (χ2n) is 2.99. The highest BCUT2D eigenvalue weighted by molar-refractivity contribution is 7.39. The van der Waals surface area contributed by atoms with Gasteiger partial charge in [-0.1, -0.05) is 6.92 Å². The molecule has 0 aromatic heterocycles. The van der Waals surface area contributed by atoms with Crippen LogP contribution in [0.15, 0.2) is 0 Å². The highest BCUT2D eigenvalue weighted by Crippen LogP contribution is 2.21. The van der Waals surface area contributed by atoms with E-state index in [0.717, 1.165) is 13.0 Å². The summed E-state index contributed by atoms with van der Waals surface area (Å²) >= 11 is 5.60. The molecular formula is C8H20ClN2O2P. The van der Waals surface area contributed by atoms with Crippen LogP contribution < -0.4 is 5.09 Å². The predicted molar refractivity (Wildman–Crippen MR) is 61.3 cm³/mol. The van der Waals surface area contributed by atoms with Gasteiger partial charge in [-0.15, -0.1) is 11.6 Å². The highest BCUT2D eigenvalue weighted by Gasteiger charge is 2.09. The minimum Gasteiger partial charge on any atom is -0.396 e. The summed E-state index contributed by atoms with van der Waals surface area (Å²) in [5, 5.41) is 11.6. The fraction of sp³-hybridized carbons (Fsp3) is 1.00. The van der Waals surface area contributed by atoms with E-state index >= 15 is 0 Å². The van der Waals surface area contributed by atoms with Crippen LogP contribution in [0, 0.1) is 0 Å². The summed E-state index contributed by atoms with van der Waals surface area (Å²) < 4.78 is 13.5. The number of halogens is 1. The molecule has 0 heterocycles. The number of hydrogen-bond donors (Lipinski definition) is 2. The number of nitrogens with one attached hydrogen (secondary N) is 1. The van der Waals surface area contributed by atoms with Gasteiger partial charge in [-0.25, -0.2) is 4.67 Å². The second kappa shape index (κ2) is 9.94. The zero-order valence-corrected chi connectivity index (χ0v) is 10.4. The zero-order chi connectivity index (χ0) is 10.8. The first-order valence-electron chi connectivity index (χ1n) is 4.95. The molecule has 14 heavy (non-hydrogen) atoms. The summed E-state index contributed by atoms with van der Waals surface area (Å²) in [6, 6.07) is 0. The minimum atomic E-state index is -1.89. The number of nitrogens with zero attached hydrogens (tertiary/aromatic N) is 1. The van der Waals surface area contributed by atoms with Gasteiger partial charge in [0, 0.05) is 32.1 Å². The van der Waals surface area contributed by atoms with E-state index in [-0.39, 0.29) is 6.61 Å². The van der Waals surface area contributed by atoms with Crippen LogP contribution in [-0.4, -0.2) is 41.9 Å². The first kappa shape index (κ1) is 14.4. The Kier molecular flexibility index (Phi) is 10.2. The van der Waals surface area contributed by atoms with Crippen LogP contribution in [0.25, 0.3) is 0 Å². The summed E-state index contributed by atoms with van der Waals surface area (Å²) in [6.45, 7) is 4.16. The van der Waals surface area contributed by atoms with E-state index in [4.69, 9.17) is 16.7 Å². The molecule has 0 aliphatic rings. The fourth-order valence-electron chi connectivity index (χ4n) is 1.02. The van der Waals surface area contributed by atoms with Crippen LogP contribution in [0.3, 0.4) is 0 Å². The van der Waals surface area contributed by atoms with Crippen molar-refractivity contribution in [1.82, 2.24) is 9.76 Å². The lowest BCUT2D eigenvalue weighted by molar-refractivity contribution is 0.271. The van der Waals surface area contributed by atoms with Crippen molar-refractivity contribution in [2.75, 3.05) is 32.1 Å². The first-order valence-corrected chi connectivity index (χ1v) is 6.84. The Morgan fingerprint density at radius 1 is 1.50 bits per heavy atom. The topological polar surface area (TPSA) is 52.6 Å². The summed E-state index contributed by atoms with van der Waals surface area (Å²) in [5.41, 5.74) is 0. The van der Waals surface area contributed by atoms with Gasteiger partial charge >= 0.3 is 0 Å². The molecule has 0 fully saturated rings. The Morgan fingerprint density at radius 3 is 2.71 bits per heavy atom. The summed E-state index contributed by atoms with van der Waals surface area (Å²) in [4.78, 5) is 0. The third kappa shape index (κ3) is 6.80. The van der Waals surface area contributed by atoms with Crippen molar-refractivity contribution in [3.63, 3.8) is 0 Å². The van der Waals surface area contributed by atoms with E-state index in [0.29, 0.717) is 25.4 Å². The number of rotatable bonds is 9. The summed E-state index contributed by atoms with van der Waals surface area (Å²) in [5.74, 6) is 0.468. The number of alkyl halides is 1. The lowest BCUT2D eigenvalue weighted by atomic mass is 10.4. The van der Waals surface area contributed by atoms with E-state index in [1.807, 2.05) is 11.6 Å². The molecule has 0 radical (unpaired) electrons. The van der Waals surface area contributed by atoms with Crippen molar-refractivity contribution in [2.24, 2.45) is 0 Å². The Bertz CT molecular complexity index is 160. The van der Waals surface area contributed by atoms with Gasteiger partial charge in [0.05, 0.1) is 0 Å². The molecule has 0 rings (SSSR count). The molecule has 0 bridgehead atoms. The third-order valence-electron chi connectivity index (χ3n) is 1.75. The van der Waals surface area contributed by atoms with Gasteiger partial charge in [0.15, 0.2) is 0 Å². The molecule has 6 heteroatoms. The molecule has 86 valence electrons. The van der Waals surface area contributed by atoms with E-state index in [2.05, 4.69) is 5.09 Å². The van der Waals surface area contributed by atoms with Gasteiger partial charge in [0.1, 0.15) is 0 Å². The van der Waals surface area contributed by atoms with Gasteiger partial charge in [-0.2, -0.15) is 0 Å². The molecule has 4 nitrogen and oxygen atoms in total. The van der Waals surface area contributed by atoms with Gasteiger partial charge in [-0.05, 0) is 12.8 Å². The van der Waals surface area contributed by atoms with Crippen molar-refractivity contribution >= 4 is 19.7 Å². The molecular weight excluding hydrogens is 223 g/mol. The molecule has 0 saturated heterocycles. The van der Waals surface area contributed by atoms with Crippen molar-refractivity contribution in [1.29, 1.82) is 0 Å². The smallest absolute Gasteiger partial charge is 0.202 e. The fourth-order valence-corrected chi connectivity index (χ4v) is 2.73. The maximum absolute atomic E-state index is 11.7. The van der Waals surface area contributed by atoms with Gasteiger partial charge < -0.3 is 5.11 Å². The number of aliphatic hydroxyl groups is 1. The molecule has 0 saturated carbocycles. The van der Waals surface area contributed by atoms with E-state index in [1.54, 1.807) is 0 Å². The Balaban J connectivity index is 3.84. The SMILES string of the molecule is CCCN[PH](=O)N(CCCl)CCCO. The first-order chi connectivity index (χ1) is 6.76. The summed E-state index contributed by atoms with van der Waals surface area (Å²) in [7, 11) is -1.89. The van der Waals surface area contributed by atoms with Crippen LogP contribution in [0.5, 0.6) is 0 Å². The predicted octanol–water partition coefficient (Wildman–Crippen LogP) is 1.30. The van der Waals surface area contributed by atoms with E-state index in [1.165, 1.54) is 0 Å². The Hall–Kier alpha value is 0.400. The Labute approximate surface area is 91.5 Å². The highest BCUT2D eigenvalue weighted by atomic mass is 35.5. The van der Waals surface area contributed by atoms with E-state index < -0.39 is 8.10 Å². The average Bonchev–Trinajstić information content (AvgIpc) is 2.20. The molecule has 2 N–H and O–H groups in total. The summed E-state index contributed by atoms with van der Waals surface area (Å²) in [6.07, 6.45) is 1.60. The van der Waals surface area contributed by atoms with Crippen molar-refractivity contribution < 1.29 is 9.67 Å². The van der Waals surface area contributed by atoms with Crippen LogP contribution in [-0.2, 0) is 4.57 Å². The molecule has 1 unspecified atom stereocenters. The largest absolute Gasteiger partial charge is 0.396 e. The molecule has 0 spiro atoms. The molecule has 0 amide bonds. The van der Waals surface area contributed by atoms with Crippen LogP contribution in [0.2, 0.25) is 0 Å². The Morgan fingerprint density at radius 2 is 2.21 bits per heavy atom. The van der Waals surface area contributed by atoms with Gasteiger partial charge in [-0.3, -0.25) is 9.65 Å². The number of aliphatic hydroxyl groups excluding tert-OH is 1. The quantitative estimate of drug-likeness (QED) is 0.473. The monoisotopic (exact) mass is 242 g/mol. The number of hydrogen-bond acceptors (Lipinski definition) is 2.